The van der Waals surface area contributed by atoms with Crippen LogP contribution in [0.2, 0.25) is 0 Å². The molecule has 16 aromatic rings. The Labute approximate surface area is 864 Å². The molecule has 24 rings (SSSR count). The number of halogens is 3. The summed E-state index contributed by atoms with van der Waals surface area (Å²) in [4.78, 5) is 113. The van der Waals surface area contributed by atoms with Gasteiger partial charge in [-0.2, -0.15) is 20.4 Å². The molecule has 4 fully saturated rings. The fraction of sp³-hybridized carbons (Fsp3) is 0.435. The van der Waals surface area contributed by atoms with E-state index in [2.05, 4.69) is 118 Å². The number of ether oxygens (including phenoxy) is 1. The Balaban J connectivity index is 0.000000116. The maximum Gasteiger partial charge on any atom is 0.249 e. The number of piperidine rings is 1. The van der Waals surface area contributed by atoms with Crippen LogP contribution in [0.15, 0.2) is 153 Å². The zero-order valence-corrected chi connectivity index (χ0v) is 87.4. The van der Waals surface area contributed by atoms with E-state index in [4.69, 9.17) is 44.7 Å². The Morgan fingerprint density at radius 3 is 1.25 bits per heavy atom. The summed E-state index contributed by atoms with van der Waals surface area (Å²) in [6.45, 7) is 26.7. The van der Waals surface area contributed by atoms with Gasteiger partial charge in [-0.05, 0) is 163 Å². The summed E-state index contributed by atoms with van der Waals surface area (Å²) in [6, 6.07) is 34.9. The van der Waals surface area contributed by atoms with E-state index in [1.165, 1.54) is 5.82 Å². The lowest BCUT2D eigenvalue weighted by molar-refractivity contribution is -0.133. The summed E-state index contributed by atoms with van der Waals surface area (Å²) in [6.07, 6.45) is 24.0. The van der Waals surface area contributed by atoms with E-state index in [1.807, 2.05) is 168 Å². The molecular formula is C115H130F3N25O6. The van der Waals surface area contributed by atoms with Gasteiger partial charge in [0.2, 0.25) is 29.6 Å². The monoisotopic (exact) mass is 2010 g/mol. The van der Waals surface area contributed by atoms with E-state index in [9.17, 15) is 37.1 Å². The van der Waals surface area contributed by atoms with Crippen LogP contribution in [0.25, 0.3) is 134 Å². The summed E-state index contributed by atoms with van der Waals surface area (Å²) in [5.41, 5.74) is 23.5. The Morgan fingerprint density at radius 2 is 0.812 bits per heavy atom. The third kappa shape index (κ3) is 19.9. The number of hydrogen-bond acceptors (Lipinski definition) is 19. The maximum atomic E-state index is 14.6. The minimum Gasteiger partial charge on any atom is -0.381 e. The second-order valence-corrected chi connectivity index (χ2v) is 41.7. The normalized spacial score (nSPS) is 18.0. The van der Waals surface area contributed by atoms with E-state index in [0.717, 1.165) is 270 Å². The van der Waals surface area contributed by atoms with Crippen LogP contribution in [-0.2, 0) is 104 Å². The van der Waals surface area contributed by atoms with Gasteiger partial charge in [-0.3, -0.25) is 52.7 Å². The first-order chi connectivity index (χ1) is 72.0. The number of Topliss-reactive ketones (excluding diaryl/α,β-unsaturated/α-hetero) is 1. The number of carbonyl (C=O) groups excluding carboxylic acids is 5. The van der Waals surface area contributed by atoms with E-state index < -0.39 is 11.6 Å². The molecular weight excluding hydrogens is 1880 g/mol. The number of fused-ring (bicyclic) bond motifs is 8. The molecule has 2 saturated carbocycles. The van der Waals surface area contributed by atoms with Gasteiger partial charge in [-0.1, -0.05) is 83.1 Å². The van der Waals surface area contributed by atoms with Crippen LogP contribution < -0.4 is 0 Å². The van der Waals surface area contributed by atoms with Gasteiger partial charge in [0.1, 0.15) is 40.4 Å². The van der Waals surface area contributed by atoms with Crippen LogP contribution in [0, 0.1) is 13.8 Å². The summed E-state index contributed by atoms with van der Waals surface area (Å²) >= 11 is 0. The smallest absolute Gasteiger partial charge is 0.249 e. The van der Waals surface area contributed by atoms with Crippen molar-refractivity contribution in [3.8, 4) is 90.1 Å². The first kappa shape index (κ1) is 100. The lowest BCUT2D eigenvalue weighted by atomic mass is 9.80. The predicted molar refractivity (Wildman–Crippen MR) is 568 cm³/mol. The number of aromatic nitrogens is 20. The molecule has 0 bridgehead atoms. The minimum absolute atomic E-state index is 0.0281. The van der Waals surface area contributed by atoms with E-state index in [-0.39, 0.29) is 54.1 Å². The van der Waals surface area contributed by atoms with Gasteiger partial charge in [-0.25, -0.2) is 43.1 Å². The number of carbonyl (C=O) groups is 5. The Bertz CT molecular complexity index is 7810. The lowest BCUT2D eigenvalue weighted by Crippen LogP contribution is -2.40. The topological polar surface area (TPSA) is 305 Å². The quantitative estimate of drug-likeness (QED) is 0.0721. The van der Waals surface area contributed by atoms with Gasteiger partial charge in [-0.15, -0.1) is 0 Å². The van der Waals surface area contributed by atoms with Crippen molar-refractivity contribution in [1.82, 2.24) is 122 Å². The van der Waals surface area contributed by atoms with E-state index >= 15 is 0 Å². The third-order valence-corrected chi connectivity index (χ3v) is 31.6. The van der Waals surface area contributed by atoms with E-state index in [0.29, 0.717) is 121 Å². The van der Waals surface area contributed by atoms with Gasteiger partial charge >= 0.3 is 0 Å². The molecule has 6 aliphatic heterocycles. The number of nitrogens with zero attached hydrogens (tertiary/aromatic N) is 25. The summed E-state index contributed by atoms with van der Waals surface area (Å²) in [7, 11) is 9.88. The molecule has 772 valence electrons. The molecule has 18 heterocycles. The van der Waals surface area contributed by atoms with Crippen molar-refractivity contribution < 1.29 is 41.9 Å². The molecule has 0 spiro atoms. The van der Waals surface area contributed by atoms with Crippen molar-refractivity contribution in [2.45, 2.75) is 239 Å². The number of rotatable bonds is 18. The third-order valence-electron chi connectivity index (χ3n) is 31.6. The van der Waals surface area contributed by atoms with Crippen LogP contribution in [0.3, 0.4) is 0 Å². The minimum atomic E-state index is -2.63. The predicted octanol–water partition coefficient (Wildman–Crippen LogP) is 19.8. The second-order valence-electron chi connectivity index (χ2n) is 41.7. The van der Waals surface area contributed by atoms with Crippen molar-refractivity contribution in [2.75, 3.05) is 59.5 Å². The number of hydrogen-bond donors (Lipinski definition) is 0. The van der Waals surface area contributed by atoms with Crippen molar-refractivity contribution in [3.63, 3.8) is 0 Å². The number of likely N-dealkylation sites (tertiary alicyclic amines) is 1. The molecule has 0 radical (unpaired) electrons. The van der Waals surface area contributed by atoms with Crippen LogP contribution >= 0.6 is 0 Å². The highest BCUT2D eigenvalue weighted by molar-refractivity contribution is 6.01. The van der Waals surface area contributed by atoms with Crippen LogP contribution in [-0.4, -0.2) is 222 Å². The highest BCUT2D eigenvalue weighted by Crippen LogP contribution is 2.51. The highest BCUT2D eigenvalue weighted by Gasteiger charge is 2.49. The van der Waals surface area contributed by atoms with Crippen molar-refractivity contribution in [2.24, 2.45) is 28.2 Å². The molecule has 0 atom stereocenters. The molecule has 12 aromatic heterocycles. The van der Waals surface area contributed by atoms with Crippen LogP contribution in [0.5, 0.6) is 0 Å². The molecule has 2 aliphatic carbocycles. The molecule has 4 aromatic carbocycles. The first-order valence-electron chi connectivity index (χ1n) is 52.9. The number of alkyl halides is 3. The summed E-state index contributed by atoms with van der Waals surface area (Å²) < 4.78 is 64.3. The standard InChI is InChI=1S/C31H33N5O3.C30H35FN6O.C27H28F2N6O.C27H34N8O/c1-3-28(37)25-9-8-22(17-32-25)26-16-21-6-5-7-23(24(21)18-33-26)30-27-19-35(29(38)4-2)12-13-36(27)31(34-30)20-10-14-39-15-11-20;1-5-26(38)36-13-14-37-25(18-36)28(34-29(37)20-9-11-30(3,31)12-10-20)22-7-6-8-24-23(22)15-19(2)27(33-24)21-16-32-35(4)17-21;1-4-23(36)34-8-9-35-22(15-34)25(32-26(35)17-11-27(28,29)12-17)19-6-5-7-21-20(19)10-16(2)24(31-21)18-13-30-33(3)14-18;1-5-24(36)34-12-13-35-23(17-34)26(29-27(35)18-8-10-31(2)11-9-18)19-6-7-22-21(14-19)25(30-33(22)4)20-15-28-32(3)16-20/h5-9,16-18,20H,3-4,10-15,19H2,1-2H3;6-8,15-17,20H,5,9-14,18H2,1-4H3;5-7,10,13-14,17H,4,8-9,11-12,15H2,1-3H3;6-7,14-16,18H,5,8-13,17H2,1-4H3. The molecule has 8 aliphatic rings. The molecule has 0 N–H and O–H groups in total. The number of ketones is 1. The van der Waals surface area contributed by atoms with Gasteiger partial charge in [0, 0.05) is 259 Å². The zero-order valence-electron chi connectivity index (χ0n) is 87.4. The molecule has 0 unspecified atom stereocenters. The Kier molecular flexibility index (Phi) is 28.0. The number of aryl methyl sites for hydroxylation is 6. The number of pyridine rings is 4. The number of amides is 4. The molecule has 149 heavy (non-hydrogen) atoms. The molecule has 2 saturated heterocycles. The lowest BCUT2D eigenvalue weighted by Gasteiger charge is -2.36. The molecule has 31 nitrogen and oxygen atoms in total. The van der Waals surface area contributed by atoms with E-state index in [1.54, 1.807) is 39.4 Å². The Hall–Kier alpha value is -14.5. The fourth-order valence-corrected chi connectivity index (χ4v) is 23.3. The summed E-state index contributed by atoms with van der Waals surface area (Å²) in [5, 5.41) is 22.9. The second kappa shape index (κ2) is 41.5. The van der Waals surface area contributed by atoms with Crippen LogP contribution in [0.1, 0.15) is 229 Å². The molecule has 34 heteroatoms. The maximum absolute atomic E-state index is 14.6. The Morgan fingerprint density at radius 1 is 0.389 bits per heavy atom. The average Bonchev–Trinajstić information content (AvgIpc) is 1.65. The number of imidazole rings is 4. The zero-order chi connectivity index (χ0) is 104. The average molecular weight is 2020 g/mol. The SMILES string of the molecule is CCC(=O)N1CCn2c(C3CC(F)(F)C3)nc(-c3cccc4nc(-c5cnn(C)c5)c(C)cc34)c2C1.CCC(=O)N1CCn2c(C3CCC(C)(F)CC3)nc(-c3cccc4nc(-c5cnn(C)c5)c(C)cc34)c2C1.CCC(=O)N1CCn2c(C3CCN(C)CC3)nc(-c3ccc4c(c3)c(-c3cnn(C)c3)nn4C)c2C1.CCC(=O)c1ccc(-c2cc3cccc(-c4nc(C5CCOCC5)n5c4CN(C(=O)CC)CC5)c3cn2)cn1. The van der Waals surface area contributed by atoms with Crippen molar-refractivity contribution in [3.05, 3.63) is 216 Å². The number of benzene rings is 4. The molecule has 4 amide bonds. The van der Waals surface area contributed by atoms with Gasteiger partial charge in [0.25, 0.3) is 0 Å². The van der Waals surface area contributed by atoms with Gasteiger partial charge < -0.3 is 47.5 Å². The largest absolute Gasteiger partial charge is 0.381 e. The van der Waals surface area contributed by atoms with Gasteiger partial charge in [0.15, 0.2) is 5.78 Å². The van der Waals surface area contributed by atoms with Crippen molar-refractivity contribution in [1.29, 1.82) is 0 Å². The fourth-order valence-electron chi connectivity index (χ4n) is 23.3. The van der Waals surface area contributed by atoms with Crippen molar-refractivity contribution >= 4 is 72.9 Å². The van der Waals surface area contributed by atoms with Crippen LogP contribution in [0.4, 0.5) is 13.2 Å². The highest BCUT2D eigenvalue weighted by atomic mass is 19.3. The van der Waals surface area contributed by atoms with Gasteiger partial charge in [0.05, 0.1) is 124 Å². The first-order valence-corrected chi connectivity index (χ1v) is 52.9. The summed E-state index contributed by atoms with van der Waals surface area (Å²) in [5.74, 6) is 2.85.